The monoisotopic (exact) mass is 353 g/mol. The van der Waals surface area contributed by atoms with E-state index in [0.717, 1.165) is 41.0 Å². The average molecular weight is 354 g/mol. The van der Waals surface area contributed by atoms with E-state index in [1.165, 1.54) is 5.56 Å². The maximum Gasteiger partial charge on any atom is 0.230 e. The molecular weight excluding hydrogens is 322 g/mol. The summed E-state index contributed by atoms with van der Waals surface area (Å²) in [5.41, 5.74) is 5.00. The van der Waals surface area contributed by atoms with E-state index in [1.54, 1.807) is 0 Å². The zero-order valence-corrected chi connectivity index (χ0v) is 16.9. The van der Waals surface area contributed by atoms with Gasteiger partial charge in [-0.1, -0.05) is 44.2 Å². The van der Waals surface area contributed by atoms with Crippen LogP contribution in [0.5, 0.6) is 5.75 Å². The highest BCUT2D eigenvalue weighted by atomic mass is 16.5. The van der Waals surface area contributed by atoms with Gasteiger partial charge in [-0.15, -0.1) is 0 Å². The number of anilines is 1. The smallest absolute Gasteiger partial charge is 0.230 e. The topological polar surface area (TPSA) is 38.3 Å². The van der Waals surface area contributed by atoms with Gasteiger partial charge in [-0.25, -0.2) is 0 Å². The summed E-state index contributed by atoms with van der Waals surface area (Å²) in [5, 5.41) is 3.11. The van der Waals surface area contributed by atoms with Crippen molar-refractivity contribution in [1.29, 1.82) is 0 Å². The van der Waals surface area contributed by atoms with Gasteiger partial charge in [0.1, 0.15) is 5.75 Å². The number of aryl methyl sites for hydroxylation is 4. The lowest BCUT2D eigenvalue weighted by molar-refractivity contribution is -0.124. The molecule has 0 atom stereocenters. The number of benzene rings is 2. The number of carbonyl (C=O) groups excluding carboxylic acids is 1. The largest absolute Gasteiger partial charge is 0.493 e. The molecule has 1 N–H and O–H groups in total. The first-order valence-corrected chi connectivity index (χ1v) is 9.28. The molecule has 0 unspecified atom stereocenters. The van der Waals surface area contributed by atoms with Crippen LogP contribution in [0.1, 0.15) is 48.9 Å². The lowest BCUT2D eigenvalue weighted by atomic mass is 9.86. The Balaban J connectivity index is 1.89. The number of hydrogen-bond donors (Lipinski definition) is 1. The Morgan fingerprint density at radius 3 is 2.31 bits per heavy atom. The highest BCUT2D eigenvalue weighted by molar-refractivity contribution is 5.96. The minimum absolute atomic E-state index is 0.0571. The lowest BCUT2D eigenvalue weighted by Gasteiger charge is -2.25. The molecule has 0 spiro atoms. The van der Waals surface area contributed by atoms with Gasteiger partial charge in [-0.3, -0.25) is 4.79 Å². The van der Waals surface area contributed by atoms with E-state index < -0.39 is 5.41 Å². The zero-order valence-electron chi connectivity index (χ0n) is 16.9. The van der Waals surface area contributed by atoms with Crippen LogP contribution in [0.25, 0.3) is 0 Å². The number of nitrogens with one attached hydrogen (secondary N) is 1. The molecule has 0 heterocycles. The summed E-state index contributed by atoms with van der Waals surface area (Å²) in [7, 11) is 0. The summed E-state index contributed by atoms with van der Waals surface area (Å²) >= 11 is 0. The van der Waals surface area contributed by atoms with Crippen LogP contribution in [0, 0.1) is 33.1 Å². The van der Waals surface area contributed by atoms with Crippen molar-refractivity contribution in [3.63, 3.8) is 0 Å². The predicted molar refractivity (Wildman–Crippen MR) is 109 cm³/mol. The predicted octanol–water partition coefficient (Wildman–Crippen LogP) is 5.74. The fourth-order valence-electron chi connectivity index (χ4n) is 2.97. The molecule has 0 aromatic heterocycles. The molecule has 3 heteroatoms. The van der Waals surface area contributed by atoms with Gasteiger partial charge in [-0.2, -0.15) is 0 Å². The number of rotatable bonds is 7. The van der Waals surface area contributed by atoms with Crippen LogP contribution in [0.4, 0.5) is 5.69 Å². The number of amides is 1. The standard InChI is InChI=1S/C23H31NO2/c1-16-11-12-17(2)20(15-16)26-14-8-13-23(5,6)22(25)24-21-18(3)9-7-10-19(21)4/h7,9-12,15H,8,13-14H2,1-6H3,(H,24,25). The van der Waals surface area contributed by atoms with Crippen molar-refractivity contribution in [2.45, 2.75) is 54.4 Å². The van der Waals surface area contributed by atoms with Crippen LogP contribution in [-0.4, -0.2) is 12.5 Å². The molecule has 140 valence electrons. The van der Waals surface area contributed by atoms with Crippen LogP contribution in [0.2, 0.25) is 0 Å². The highest BCUT2D eigenvalue weighted by Crippen LogP contribution is 2.28. The molecule has 2 rings (SSSR count). The van der Waals surface area contributed by atoms with Crippen molar-refractivity contribution in [1.82, 2.24) is 0 Å². The van der Waals surface area contributed by atoms with E-state index in [4.69, 9.17) is 4.74 Å². The van der Waals surface area contributed by atoms with Gasteiger partial charge >= 0.3 is 0 Å². The van der Waals surface area contributed by atoms with Crippen molar-refractivity contribution >= 4 is 11.6 Å². The molecular formula is C23H31NO2. The molecule has 0 saturated heterocycles. The molecule has 1 amide bonds. The molecule has 3 nitrogen and oxygen atoms in total. The first-order chi connectivity index (χ1) is 12.2. The van der Waals surface area contributed by atoms with E-state index >= 15 is 0 Å². The van der Waals surface area contributed by atoms with E-state index in [-0.39, 0.29) is 5.91 Å². The van der Waals surface area contributed by atoms with Crippen molar-refractivity contribution in [2.75, 3.05) is 11.9 Å². The average Bonchev–Trinajstić information content (AvgIpc) is 2.57. The van der Waals surface area contributed by atoms with E-state index in [2.05, 4.69) is 37.4 Å². The summed E-state index contributed by atoms with van der Waals surface area (Å²) in [6, 6.07) is 12.3. The Bertz CT molecular complexity index is 758. The van der Waals surface area contributed by atoms with Crippen LogP contribution in [0.15, 0.2) is 36.4 Å². The van der Waals surface area contributed by atoms with Crippen molar-refractivity contribution in [3.8, 4) is 5.75 Å². The summed E-state index contributed by atoms with van der Waals surface area (Å²) in [5.74, 6) is 0.990. The van der Waals surface area contributed by atoms with Gasteiger partial charge in [0.25, 0.3) is 0 Å². The molecule has 0 saturated carbocycles. The Morgan fingerprint density at radius 2 is 1.65 bits per heavy atom. The second kappa shape index (κ2) is 8.39. The lowest BCUT2D eigenvalue weighted by Crippen LogP contribution is -2.31. The number of hydrogen-bond acceptors (Lipinski definition) is 2. The van der Waals surface area contributed by atoms with Gasteiger partial charge in [0.05, 0.1) is 6.61 Å². The summed E-state index contributed by atoms with van der Waals surface area (Å²) < 4.78 is 5.92. The molecule has 0 fully saturated rings. The van der Waals surface area contributed by atoms with Crippen LogP contribution < -0.4 is 10.1 Å². The molecule has 0 aliphatic rings. The Morgan fingerprint density at radius 1 is 1.00 bits per heavy atom. The maximum atomic E-state index is 12.7. The Kier molecular flexibility index (Phi) is 6.47. The van der Waals surface area contributed by atoms with Crippen LogP contribution in [-0.2, 0) is 4.79 Å². The Hall–Kier alpha value is -2.29. The third kappa shape index (κ3) is 5.10. The normalized spacial score (nSPS) is 11.3. The first-order valence-electron chi connectivity index (χ1n) is 9.28. The fraction of sp³-hybridized carbons (Fsp3) is 0.435. The minimum atomic E-state index is -0.445. The van der Waals surface area contributed by atoms with Crippen LogP contribution in [0.3, 0.4) is 0 Å². The third-order valence-electron chi connectivity index (χ3n) is 4.88. The maximum absolute atomic E-state index is 12.7. The van der Waals surface area contributed by atoms with Crippen molar-refractivity contribution in [3.05, 3.63) is 58.7 Å². The summed E-state index contributed by atoms with van der Waals surface area (Å²) in [6.45, 7) is 12.8. The highest BCUT2D eigenvalue weighted by Gasteiger charge is 2.27. The van der Waals surface area contributed by atoms with E-state index in [9.17, 15) is 4.79 Å². The van der Waals surface area contributed by atoms with Gasteiger partial charge in [0.2, 0.25) is 5.91 Å². The molecule has 2 aromatic rings. The van der Waals surface area contributed by atoms with Gasteiger partial charge < -0.3 is 10.1 Å². The van der Waals surface area contributed by atoms with Crippen molar-refractivity contribution < 1.29 is 9.53 Å². The van der Waals surface area contributed by atoms with E-state index in [0.29, 0.717) is 6.61 Å². The molecule has 2 aromatic carbocycles. The SMILES string of the molecule is Cc1ccc(C)c(OCCCC(C)(C)C(=O)Nc2c(C)cccc2C)c1. The number of carbonyl (C=O) groups is 1. The van der Waals surface area contributed by atoms with E-state index in [1.807, 2.05) is 45.9 Å². The summed E-state index contributed by atoms with van der Waals surface area (Å²) in [6.07, 6.45) is 1.61. The molecule has 0 aliphatic carbocycles. The van der Waals surface area contributed by atoms with Crippen LogP contribution >= 0.6 is 0 Å². The van der Waals surface area contributed by atoms with Crippen molar-refractivity contribution in [2.24, 2.45) is 5.41 Å². The zero-order chi connectivity index (χ0) is 19.3. The van der Waals surface area contributed by atoms with Gasteiger partial charge in [0, 0.05) is 11.1 Å². The third-order valence-corrected chi connectivity index (χ3v) is 4.88. The minimum Gasteiger partial charge on any atom is -0.493 e. The van der Waals surface area contributed by atoms with Gasteiger partial charge in [-0.05, 0) is 68.9 Å². The summed E-state index contributed by atoms with van der Waals surface area (Å²) in [4.78, 5) is 12.7. The fourth-order valence-corrected chi connectivity index (χ4v) is 2.97. The molecule has 26 heavy (non-hydrogen) atoms. The van der Waals surface area contributed by atoms with Gasteiger partial charge in [0.15, 0.2) is 0 Å². The number of ether oxygens (including phenoxy) is 1. The second-order valence-electron chi connectivity index (χ2n) is 7.83. The molecule has 0 radical (unpaired) electrons. The first kappa shape index (κ1) is 20.0. The quantitative estimate of drug-likeness (QED) is 0.644. The molecule has 0 aliphatic heterocycles. The molecule has 0 bridgehead atoms. The Labute approximate surface area is 157 Å². The number of para-hydroxylation sites is 1. The second-order valence-corrected chi connectivity index (χ2v) is 7.83.